The number of nitrogens with two attached hydrogens (primary N) is 1. The summed E-state index contributed by atoms with van der Waals surface area (Å²) >= 11 is 0. The first-order valence-electron chi connectivity index (χ1n) is 5.82. The SMILES string of the molecule is CC(C)C(CN)c1cncn1Cc1ccno1. The largest absolute Gasteiger partial charge is 0.359 e. The monoisotopic (exact) mass is 234 g/mol. The predicted octanol–water partition coefficient (Wildman–Crippen LogP) is 1.62. The van der Waals surface area contributed by atoms with Crippen molar-refractivity contribution >= 4 is 0 Å². The van der Waals surface area contributed by atoms with Crippen LogP contribution in [0.3, 0.4) is 0 Å². The summed E-state index contributed by atoms with van der Waals surface area (Å²) < 4.78 is 7.17. The van der Waals surface area contributed by atoms with Crippen molar-refractivity contribution in [2.24, 2.45) is 11.7 Å². The summed E-state index contributed by atoms with van der Waals surface area (Å²) in [4.78, 5) is 4.20. The van der Waals surface area contributed by atoms with Gasteiger partial charge < -0.3 is 14.8 Å². The molecule has 0 aromatic carbocycles. The molecule has 2 aromatic heterocycles. The van der Waals surface area contributed by atoms with E-state index in [0.29, 0.717) is 24.9 Å². The normalized spacial score (nSPS) is 13.2. The van der Waals surface area contributed by atoms with Gasteiger partial charge in [-0.15, -0.1) is 0 Å². The maximum Gasteiger partial charge on any atom is 0.156 e. The van der Waals surface area contributed by atoms with Gasteiger partial charge >= 0.3 is 0 Å². The van der Waals surface area contributed by atoms with Gasteiger partial charge in [-0.2, -0.15) is 0 Å². The third-order valence-corrected chi connectivity index (χ3v) is 3.00. The summed E-state index contributed by atoms with van der Waals surface area (Å²) in [5.41, 5.74) is 6.98. The molecule has 0 aliphatic carbocycles. The predicted molar refractivity (Wildman–Crippen MR) is 64.5 cm³/mol. The number of hydrogen-bond acceptors (Lipinski definition) is 4. The summed E-state index contributed by atoms with van der Waals surface area (Å²) in [5, 5.41) is 3.70. The summed E-state index contributed by atoms with van der Waals surface area (Å²) in [6.45, 7) is 5.62. The molecule has 2 N–H and O–H groups in total. The van der Waals surface area contributed by atoms with E-state index in [0.717, 1.165) is 11.5 Å². The quantitative estimate of drug-likeness (QED) is 0.853. The molecule has 0 saturated heterocycles. The van der Waals surface area contributed by atoms with Crippen LogP contribution in [0.2, 0.25) is 0 Å². The molecule has 1 unspecified atom stereocenters. The Bertz CT molecular complexity index is 447. The van der Waals surface area contributed by atoms with E-state index in [-0.39, 0.29) is 0 Å². The minimum absolute atomic E-state index is 0.320. The Labute approximate surface area is 101 Å². The minimum Gasteiger partial charge on any atom is -0.359 e. The average Bonchev–Trinajstić information content (AvgIpc) is 2.92. The highest BCUT2D eigenvalue weighted by molar-refractivity contribution is 5.10. The van der Waals surface area contributed by atoms with Crippen LogP contribution in [0.5, 0.6) is 0 Å². The van der Waals surface area contributed by atoms with Crippen LogP contribution in [0.15, 0.2) is 29.3 Å². The number of imidazole rings is 1. The van der Waals surface area contributed by atoms with Gasteiger partial charge in [-0.1, -0.05) is 19.0 Å². The molecule has 5 heteroatoms. The Kier molecular flexibility index (Phi) is 3.58. The van der Waals surface area contributed by atoms with Crippen LogP contribution in [-0.2, 0) is 6.54 Å². The molecule has 1 atom stereocenters. The van der Waals surface area contributed by atoms with Crippen LogP contribution in [0.4, 0.5) is 0 Å². The lowest BCUT2D eigenvalue weighted by Crippen LogP contribution is -2.21. The van der Waals surface area contributed by atoms with Crippen molar-refractivity contribution in [2.45, 2.75) is 26.3 Å². The summed E-state index contributed by atoms with van der Waals surface area (Å²) in [6.07, 6.45) is 5.34. The molecule has 0 radical (unpaired) electrons. The van der Waals surface area contributed by atoms with Gasteiger partial charge in [-0.05, 0) is 5.92 Å². The van der Waals surface area contributed by atoms with Gasteiger partial charge in [0.25, 0.3) is 0 Å². The second-order valence-corrected chi connectivity index (χ2v) is 4.51. The molecule has 2 rings (SSSR count). The van der Waals surface area contributed by atoms with Crippen LogP contribution in [0.1, 0.15) is 31.2 Å². The minimum atomic E-state index is 0.320. The van der Waals surface area contributed by atoms with Crippen LogP contribution < -0.4 is 5.73 Å². The Morgan fingerprint density at radius 3 is 2.88 bits per heavy atom. The van der Waals surface area contributed by atoms with Gasteiger partial charge in [-0.3, -0.25) is 0 Å². The first-order chi connectivity index (χ1) is 8.22. The molecule has 0 aliphatic rings. The molecule has 0 aliphatic heterocycles. The van der Waals surface area contributed by atoms with E-state index in [1.54, 1.807) is 6.20 Å². The zero-order valence-electron chi connectivity index (χ0n) is 10.2. The standard InChI is InChI=1S/C12H18N4O/c1-9(2)11(5-13)12-6-14-8-16(12)7-10-3-4-15-17-10/h3-4,6,8-9,11H,5,7,13H2,1-2H3. The van der Waals surface area contributed by atoms with Gasteiger partial charge in [0.1, 0.15) is 0 Å². The number of rotatable bonds is 5. The molecule has 0 bridgehead atoms. The zero-order chi connectivity index (χ0) is 12.3. The molecule has 92 valence electrons. The van der Waals surface area contributed by atoms with Gasteiger partial charge in [0, 0.05) is 30.4 Å². The Balaban J connectivity index is 2.21. The topological polar surface area (TPSA) is 69.9 Å². The average molecular weight is 234 g/mol. The highest BCUT2D eigenvalue weighted by atomic mass is 16.5. The third-order valence-electron chi connectivity index (χ3n) is 3.00. The van der Waals surface area contributed by atoms with E-state index in [9.17, 15) is 0 Å². The van der Waals surface area contributed by atoms with E-state index < -0.39 is 0 Å². The van der Waals surface area contributed by atoms with Crippen molar-refractivity contribution in [1.82, 2.24) is 14.7 Å². The van der Waals surface area contributed by atoms with E-state index in [2.05, 4.69) is 28.6 Å². The van der Waals surface area contributed by atoms with Crippen LogP contribution in [0, 0.1) is 5.92 Å². The van der Waals surface area contributed by atoms with Crippen LogP contribution >= 0.6 is 0 Å². The smallest absolute Gasteiger partial charge is 0.156 e. The molecule has 2 heterocycles. The maximum atomic E-state index is 5.83. The molecule has 0 saturated carbocycles. The summed E-state index contributed by atoms with van der Waals surface area (Å²) in [7, 11) is 0. The molecule has 2 aromatic rings. The van der Waals surface area contributed by atoms with Crippen LogP contribution in [0.25, 0.3) is 0 Å². The lowest BCUT2D eigenvalue weighted by atomic mass is 9.93. The molecule has 0 amide bonds. The van der Waals surface area contributed by atoms with E-state index in [1.807, 2.05) is 18.6 Å². The van der Waals surface area contributed by atoms with Crippen LogP contribution in [-0.4, -0.2) is 21.3 Å². The highest BCUT2D eigenvalue weighted by Crippen LogP contribution is 2.23. The van der Waals surface area contributed by atoms with E-state index in [1.165, 1.54) is 0 Å². The fourth-order valence-corrected chi connectivity index (χ4v) is 2.00. The first-order valence-corrected chi connectivity index (χ1v) is 5.82. The Hall–Kier alpha value is -1.62. The number of hydrogen-bond donors (Lipinski definition) is 1. The lowest BCUT2D eigenvalue weighted by Gasteiger charge is -2.20. The zero-order valence-corrected chi connectivity index (χ0v) is 10.2. The fourth-order valence-electron chi connectivity index (χ4n) is 2.00. The molecular formula is C12H18N4O. The molecular weight excluding hydrogens is 216 g/mol. The Morgan fingerprint density at radius 2 is 2.29 bits per heavy atom. The van der Waals surface area contributed by atoms with Gasteiger partial charge in [0.15, 0.2) is 5.76 Å². The second-order valence-electron chi connectivity index (χ2n) is 4.51. The summed E-state index contributed by atoms with van der Waals surface area (Å²) in [6, 6.07) is 1.86. The van der Waals surface area contributed by atoms with E-state index in [4.69, 9.17) is 10.3 Å². The molecule has 0 spiro atoms. The van der Waals surface area contributed by atoms with Gasteiger partial charge in [-0.25, -0.2) is 4.98 Å². The van der Waals surface area contributed by atoms with Crippen molar-refractivity contribution in [3.8, 4) is 0 Å². The van der Waals surface area contributed by atoms with Gasteiger partial charge in [0.05, 0.1) is 19.1 Å². The van der Waals surface area contributed by atoms with E-state index >= 15 is 0 Å². The molecule has 17 heavy (non-hydrogen) atoms. The van der Waals surface area contributed by atoms with Crippen molar-refractivity contribution in [1.29, 1.82) is 0 Å². The van der Waals surface area contributed by atoms with Crippen molar-refractivity contribution in [2.75, 3.05) is 6.54 Å². The van der Waals surface area contributed by atoms with Crippen molar-refractivity contribution < 1.29 is 4.52 Å². The lowest BCUT2D eigenvalue weighted by molar-refractivity contribution is 0.371. The molecule has 0 fully saturated rings. The third kappa shape index (κ3) is 2.55. The second kappa shape index (κ2) is 5.14. The molecule has 5 nitrogen and oxygen atoms in total. The Morgan fingerprint density at radius 1 is 1.47 bits per heavy atom. The summed E-state index contributed by atoms with van der Waals surface area (Å²) in [5.74, 6) is 1.63. The first kappa shape index (κ1) is 11.9. The van der Waals surface area contributed by atoms with Crippen molar-refractivity contribution in [3.05, 3.63) is 36.2 Å². The van der Waals surface area contributed by atoms with Crippen molar-refractivity contribution in [3.63, 3.8) is 0 Å². The fraction of sp³-hybridized carbons (Fsp3) is 0.500. The number of aromatic nitrogens is 3. The number of nitrogens with zero attached hydrogens (tertiary/aromatic N) is 3. The van der Waals surface area contributed by atoms with Gasteiger partial charge in [0.2, 0.25) is 0 Å². The highest BCUT2D eigenvalue weighted by Gasteiger charge is 2.18. The maximum absolute atomic E-state index is 5.83.